The van der Waals surface area contributed by atoms with Gasteiger partial charge < -0.3 is 20.5 Å². The van der Waals surface area contributed by atoms with E-state index in [1.54, 1.807) is 25.3 Å². The lowest BCUT2D eigenvalue weighted by Crippen LogP contribution is -2.22. The highest BCUT2D eigenvalue weighted by Crippen LogP contribution is 2.27. The molecule has 0 atom stereocenters. The lowest BCUT2D eigenvalue weighted by molar-refractivity contribution is 0.359. The monoisotopic (exact) mass is 473 g/mol. The van der Waals surface area contributed by atoms with Crippen molar-refractivity contribution in [1.29, 1.82) is 0 Å². The number of para-hydroxylation sites is 1. The first-order valence-electron chi connectivity index (χ1n) is 7.36. The summed E-state index contributed by atoms with van der Waals surface area (Å²) in [6, 6.07) is 13.0. The number of benzene rings is 2. The van der Waals surface area contributed by atoms with E-state index < -0.39 is 0 Å². The molecule has 0 saturated carbocycles. The third kappa shape index (κ3) is 6.47. The standard InChI is InChI=1S/C18H20ClN3O2.HI/c1-3-10-24-16-7-5-4-6-13(16)12-21-18(20)22-14-8-9-17(23-2)15(19)11-14;/h3-9,11H,1,10,12H2,2H3,(H3,20,21,22);1H. The van der Waals surface area contributed by atoms with Crippen LogP contribution in [0.25, 0.3) is 0 Å². The molecular weight excluding hydrogens is 453 g/mol. The van der Waals surface area contributed by atoms with Crippen molar-refractivity contribution in [2.45, 2.75) is 6.54 Å². The van der Waals surface area contributed by atoms with E-state index in [1.807, 2.05) is 30.3 Å². The molecule has 0 radical (unpaired) electrons. The summed E-state index contributed by atoms with van der Waals surface area (Å²) in [6.07, 6.45) is 1.70. The number of rotatable bonds is 7. The van der Waals surface area contributed by atoms with Gasteiger partial charge in [0, 0.05) is 11.3 Å². The van der Waals surface area contributed by atoms with E-state index in [2.05, 4.69) is 16.9 Å². The molecule has 0 aliphatic rings. The van der Waals surface area contributed by atoms with Gasteiger partial charge in [-0.25, -0.2) is 4.99 Å². The van der Waals surface area contributed by atoms with E-state index in [0.717, 1.165) is 17.0 Å². The number of aliphatic imine (C=N–C) groups is 1. The Morgan fingerprint density at radius 3 is 2.72 bits per heavy atom. The van der Waals surface area contributed by atoms with Gasteiger partial charge in [0.1, 0.15) is 18.1 Å². The van der Waals surface area contributed by atoms with Gasteiger partial charge in [-0.2, -0.15) is 0 Å². The molecule has 7 heteroatoms. The van der Waals surface area contributed by atoms with Crippen molar-refractivity contribution in [3.8, 4) is 11.5 Å². The van der Waals surface area contributed by atoms with Crippen LogP contribution in [0.1, 0.15) is 5.56 Å². The van der Waals surface area contributed by atoms with Crippen LogP contribution >= 0.6 is 35.6 Å². The van der Waals surface area contributed by atoms with Gasteiger partial charge in [-0.15, -0.1) is 24.0 Å². The fourth-order valence-electron chi connectivity index (χ4n) is 2.03. The second-order valence-electron chi connectivity index (χ2n) is 4.88. The van der Waals surface area contributed by atoms with E-state index in [9.17, 15) is 0 Å². The Balaban J connectivity index is 0.00000312. The van der Waals surface area contributed by atoms with Crippen molar-refractivity contribution in [2.75, 3.05) is 19.0 Å². The zero-order valence-corrected chi connectivity index (χ0v) is 17.0. The molecule has 0 amide bonds. The summed E-state index contributed by atoms with van der Waals surface area (Å²) >= 11 is 6.08. The minimum Gasteiger partial charge on any atom is -0.495 e. The van der Waals surface area contributed by atoms with Crippen LogP contribution < -0.4 is 20.5 Å². The van der Waals surface area contributed by atoms with Crippen LogP contribution in [0.2, 0.25) is 5.02 Å². The molecule has 134 valence electrons. The summed E-state index contributed by atoms with van der Waals surface area (Å²) in [4.78, 5) is 4.33. The first-order chi connectivity index (χ1) is 11.6. The Hall–Kier alpha value is -1.93. The fraction of sp³-hybridized carbons (Fsp3) is 0.167. The van der Waals surface area contributed by atoms with Crippen molar-refractivity contribution in [1.82, 2.24) is 0 Å². The number of halogens is 2. The van der Waals surface area contributed by atoms with E-state index >= 15 is 0 Å². The van der Waals surface area contributed by atoms with E-state index in [1.165, 1.54) is 0 Å². The maximum atomic E-state index is 6.08. The van der Waals surface area contributed by atoms with Crippen LogP contribution in [0.15, 0.2) is 60.1 Å². The molecule has 2 aromatic rings. The van der Waals surface area contributed by atoms with E-state index in [4.69, 9.17) is 26.8 Å². The summed E-state index contributed by atoms with van der Waals surface area (Å²) in [6.45, 7) is 4.49. The fourth-order valence-corrected chi connectivity index (χ4v) is 2.28. The molecule has 0 saturated heterocycles. The molecule has 0 aliphatic heterocycles. The first kappa shape index (κ1) is 21.1. The molecule has 2 rings (SSSR count). The van der Waals surface area contributed by atoms with Gasteiger partial charge >= 0.3 is 0 Å². The predicted molar refractivity (Wildman–Crippen MR) is 115 cm³/mol. The Morgan fingerprint density at radius 1 is 1.28 bits per heavy atom. The lowest BCUT2D eigenvalue weighted by Gasteiger charge is -2.10. The molecule has 3 N–H and O–H groups in total. The Morgan fingerprint density at radius 2 is 2.04 bits per heavy atom. The SMILES string of the molecule is C=CCOc1ccccc1CN=C(N)Nc1ccc(OC)c(Cl)c1.I. The topological polar surface area (TPSA) is 68.9 Å². The molecule has 5 nitrogen and oxygen atoms in total. The second kappa shape index (κ2) is 10.8. The minimum absolute atomic E-state index is 0. The molecule has 0 aliphatic carbocycles. The van der Waals surface area contributed by atoms with Crippen LogP contribution in [0.3, 0.4) is 0 Å². The molecule has 0 heterocycles. The van der Waals surface area contributed by atoms with Crippen molar-refractivity contribution in [3.63, 3.8) is 0 Å². The van der Waals surface area contributed by atoms with Gasteiger partial charge in [0.25, 0.3) is 0 Å². The molecule has 0 bridgehead atoms. The van der Waals surface area contributed by atoms with Crippen molar-refractivity contribution in [3.05, 3.63) is 65.7 Å². The van der Waals surface area contributed by atoms with Gasteiger partial charge in [-0.05, 0) is 24.3 Å². The van der Waals surface area contributed by atoms with Crippen LogP contribution in [0, 0.1) is 0 Å². The highest BCUT2D eigenvalue weighted by Gasteiger charge is 2.04. The molecular formula is C18H21ClIN3O2. The predicted octanol–water partition coefficient (Wildman–Crippen LogP) is 4.46. The van der Waals surface area contributed by atoms with Crippen LogP contribution in [-0.4, -0.2) is 19.7 Å². The first-order valence-corrected chi connectivity index (χ1v) is 7.74. The minimum atomic E-state index is 0. The third-order valence-corrected chi connectivity index (χ3v) is 3.47. The average Bonchev–Trinajstić information content (AvgIpc) is 2.59. The number of nitrogens with two attached hydrogens (primary N) is 1. The lowest BCUT2D eigenvalue weighted by atomic mass is 10.2. The molecule has 2 aromatic carbocycles. The average molecular weight is 474 g/mol. The normalized spacial score (nSPS) is 10.6. The van der Waals surface area contributed by atoms with Crippen LogP contribution in [0.4, 0.5) is 5.69 Å². The zero-order chi connectivity index (χ0) is 17.4. The van der Waals surface area contributed by atoms with Gasteiger partial charge in [0.15, 0.2) is 5.96 Å². The van der Waals surface area contributed by atoms with E-state index in [-0.39, 0.29) is 29.9 Å². The van der Waals surface area contributed by atoms with Gasteiger partial charge in [-0.3, -0.25) is 0 Å². The third-order valence-electron chi connectivity index (χ3n) is 3.17. The maximum Gasteiger partial charge on any atom is 0.193 e. The number of anilines is 1. The Bertz CT molecular complexity index is 738. The van der Waals surface area contributed by atoms with Crippen LogP contribution in [-0.2, 0) is 6.54 Å². The zero-order valence-electron chi connectivity index (χ0n) is 13.9. The number of hydrogen-bond donors (Lipinski definition) is 2. The summed E-state index contributed by atoms with van der Waals surface area (Å²) < 4.78 is 10.7. The number of nitrogens with one attached hydrogen (secondary N) is 1. The summed E-state index contributed by atoms with van der Waals surface area (Å²) in [5.41, 5.74) is 7.61. The molecule has 0 aromatic heterocycles. The van der Waals surface area contributed by atoms with Gasteiger partial charge in [0.2, 0.25) is 0 Å². The summed E-state index contributed by atoms with van der Waals surface area (Å²) in [7, 11) is 1.57. The highest BCUT2D eigenvalue weighted by molar-refractivity contribution is 14.0. The second-order valence-corrected chi connectivity index (χ2v) is 5.29. The molecule has 0 fully saturated rings. The summed E-state index contributed by atoms with van der Waals surface area (Å²) in [5.74, 6) is 1.65. The molecule has 0 spiro atoms. The number of guanidine groups is 1. The maximum absolute atomic E-state index is 6.08. The number of methoxy groups -OCH3 is 1. The van der Waals surface area contributed by atoms with Gasteiger partial charge in [-0.1, -0.05) is 42.5 Å². The Kier molecular flexibility index (Phi) is 9.15. The van der Waals surface area contributed by atoms with E-state index in [0.29, 0.717) is 23.9 Å². The largest absolute Gasteiger partial charge is 0.495 e. The van der Waals surface area contributed by atoms with Crippen molar-refractivity contribution < 1.29 is 9.47 Å². The Labute approximate surface area is 169 Å². The van der Waals surface area contributed by atoms with Crippen molar-refractivity contribution >= 4 is 47.2 Å². The van der Waals surface area contributed by atoms with Gasteiger partial charge in [0.05, 0.1) is 18.7 Å². The van der Waals surface area contributed by atoms with Crippen molar-refractivity contribution in [2.24, 2.45) is 10.7 Å². The number of nitrogens with zero attached hydrogens (tertiary/aromatic N) is 1. The molecule has 0 unspecified atom stereocenters. The van der Waals surface area contributed by atoms with Crippen LogP contribution in [0.5, 0.6) is 11.5 Å². The number of hydrogen-bond acceptors (Lipinski definition) is 3. The quantitative estimate of drug-likeness (QED) is 0.270. The summed E-state index contributed by atoms with van der Waals surface area (Å²) in [5, 5.41) is 3.50. The highest BCUT2D eigenvalue weighted by atomic mass is 127. The molecule has 25 heavy (non-hydrogen) atoms. The smallest absolute Gasteiger partial charge is 0.193 e. The number of ether oxygens (including phenoxy) is 2.